The van der Waals surface area contributed by atoms with Crippen molar-refractivity contribution in [1.82, 2.24) is 0 Å². The lowest BCUT2D eigenvalue weighted by Crippen LogP contribution is -2.37. The third-order valence-electron chi connectivity index (χ3n) is 3.50. The molecule has 2 rings (SSSR count). The molecule has 1 unspecified atom stereocenters. The van der Waals surface area contributed by atoms with Gasteiger partial charge >= 0.3 is 0 Å². The number of carbonyl (C=O) groups excluding carboxylic acids is 1. The summed E-state index contributed by atoms with van der Waals surface area (Å²) in [5.41, 5.74) is 0.103. The van der Waals surface area contributed by atoms with E-state index in [4.69, 9.17) is 4.74 Å². The zero-order chi connectivity index (χ0) is 13.5. The summed E-state index contributed by atoms with van der Waals surface area (Å²) in [6.07, 6.45) is -3.00. The number of amides is 1. The van der Waals surface area contributed by atoms with Gasteiger partial charge in [-0.1, -0.05) is 0 Å². The molecule has 0 spiro atoms. The van der Waals surface area contributed by atoms with E-state index in [1.54, 1.807) is 32.2 Å². The van der Waals surface area contributed by atoms with Crippen LogP contribution in [0.15, 0.2) is 18.2 Å². The van der Waals surface area contributed by atoms with Crippen molar-refractivity contribution in [3.63, 3.8) is 0 Å². The van der Waals surface area contributed by atoms with Gasteiger partial charge in [0.1, 0.15) is 5.75 Å². The van der Waals surface area contributed by atoms with Gasteiger partial charge in [-0.15, -0.1) is 0 Å². The lowest BCUT2D eigenvalue weighted by Gasteiger charge is -2.22. The Morgan fingerprint density at radius 1 is 1.44 bits per heavy atom. The fourth-order valence-corrected chi connectivity index (χ4v) is 2.48. The third-order valence-corrected chi connectivity index (χ3v) is 3.50. The van der Waals surface area contributed by atoms with Crippen LogP contribution >= 0.6 is 0 Å². The largest absolute Gasteiger partial charge is 0.497 e. The first-order valence-electron chi connectivity index (χ1n) is 5.65. The minimum Gasteiger partial charge on any atom is -0.497 e. The summed E-state index contributed by atoms with van der Waals surface area (Å²) in [4.78, 5) is 13.6. The van der Waals surface area contributed by atoms with Crippen LogP contribution in [0.1, 0.15) is 18.9 Å². The fourth-order valence-electron chi connectivity index (χ4n) is 2.48. The molecule has 0 N–H and O–H groups in total. The van der Waals surface area contributed by atoms with Gasteiger partial charge in [-0.05, 0) is 30.7 Å². The van der Waals surface area contributed by atoms with E-state index < -0.39 is 18.3 Å². The SMILES string of the molecule is COc1ccc2c(c1)C(C)(CC(F)F)C(=O)N2C. The standard InChI is InChI=1S/C13H15F2NO2/c1-13(7-11(14)15)9-6-8(18-3)4-5-10(9)16(2)12(13)17/h4-6,11H,7H2,1-3H3. The zero-order valence-electron chi connectivity index (χ0n) is 10.5. The lowest BCUT2D eigenvalue weighted by molar-refractivity contribution is -0.123. The predicted octanol–water partition coefficient (Wildman–Crippen LogP) is 2.58. The topological polar surface area (TPSA) is 29.5 Å². The number of fused-ring (bicyclic) bond motifs is 1. The first-order chi connectivity index (χ1) is 8.40. The second-order valence-electron chi connectivity index (χ2n) is 4.67. The smallest absolute Gasteiger partial charge is 0.240 e. The Balaban J connectivity index is 2.55. The molecule has 0 aliphatic carbocycles. The Kier molecular flexibility index (Phi) is 3.00. The molecule has 5 heteroatoms. The number of likely N-dealkylation sites (N-methyl/N-ethyl adjacent to an activating group) is 1. The summed E-state index contributed by atoms with van der Waals surface area (Å²) in [6.45, 7) is 1.56. The maximum absolute atomic E-state index is 12.7. The van der Waals surface area contributed by atoms with Crippen molar-refractivity contribution in [2.24, 2.45) is 0 Å². The minimum absolute atomic E-state index is 0.300. The van der Waals surface area contributed by atoms with Gasteiger partial charge in [-0.2, -0.15) is 0 Å². The normalized spacial score (nSPS) is 22.6. The number of ether oxygens (including phenoxy) is 1. The maximum Gasteiger partial charge on any atom is 0.240 e. The molecule has 1 aromatic rings. The summed E-state index contributed by atoms with van der Waals surface area (Å²) in [5.74, 6) is 0.267. The highest BCUT2D eigenvalue weighted by molar-refractivity contribution is 6.07. The Labute approximate surface area is 104 Å². The van der Waals surface area contributed by atoms with Gasteiger partial charge in [0.2, 0.25) is 12.3 Å². The molecular weight excluding hydrogens is 240 g/mol. The number of anilines is 1. The molecule has 18 heavy (non-hydrogen) atoms. The van der Waals surface area contributed by atoms with Crippen molar-refractivity contribution >= 4 is 11.6 Å². The van der Waals surface area contributed by atoms with Crippen LogP contribution in [0.4, 0.5) is 14.5 Å². The number of alkyl halides is 2. The molecular formula is C13H15F2NO2. The van der Waals surface area contributed by atoms with E-state index in [-0.39, 0.29) is 5.91 Å². The van der Waals surface area contributed by atoms with Crippen LogP contribution in [0.3, 0.4) is 0 Å². The molecule has 0 fully saturated rings. The minimum atomic E-state index is -2.52. The molecule has 1 heterocycles. The molecule has 1 aliphatic rings. The van der Waals surface area contributed by atoms with E-state index in [1.165, 1.54) is 12.0 Å². The van der Waals surface area contributed by atoms with Crippen molar-refractivity contribution in [3.8, 4) is 5.75 Å². The molecule has 0 saturated heterocycles. The summed E-state index contributed by atoms with van der Waals surface area (Å²) in [7, 11) is 3.11. The molecule has 98 valence electrons. The molecule has 0 radical (unpaired) electrons. The number of halogens is 2. The molecule has 1 aromatic carbocycles. The quantitative estimate of drug-likeness (QED) is 0.830. The van der Waals surface area contributed by atoms with Gasteiger partial charge in [-0.3, -0.25) is 4.79 Å². The summed E-state index contributed by atoms with van der Waals surface area (Å²) < 4.78 is 30.5. The van der Waals surface area contributed by atoms with Gasteiger partial charge in [0.15, 0.2) is 0 Å². The van der Waals surface area contributed by atoms with E-state index >= 15 is 0 Å². The number of methoxy groups -OCH3 is 1. The van der Waals surface area contributed by atoms with Crippen LogP contribution in [0, 0.1) is 0 Å². The summed E-state index contributed by atoms with van der Waals surface area (Å²) in [5, 5.41) is 0. The lowest BCUT2D eigenvalue weighted by atomic mass is 9.80. The van der Waals surface area contributed by atoms with Crippen LogP contribution in [0.2, 0.25) is 0 Å². The van der Waals surface area contributed by atoms with Crippen LogP contribution in [-0.4, -0.2) is 26.5 Å². The molecule has 0 aromatic heterocycles. The molecule has 0 bridgehead atoms. The van der Waals surface area contributed by atoms with E-state index in [1.807, 2.05) is 0 Å². The van der Waals surface area contributed by atoms with Crippen molar-refractivity contribution in [2.75, 3.05) is 19.1 Å². The highest BCUT2D eigenvalue weighted by atomic mass is 19.3. The van der Waals surface area contributed by atoms with Crippen molar-refractivity contribution < 1.29 is 18.3 Å². The maximum atomic E-state index is 12.7. The number of hydrogen-bond acceptors (Lipinski definition) is 2. The molecule has 1 atom stereocenters. The Morgan fingerprint density at radius 2 is 2.11 bits per heavy atom. The second kappa shape index (κ2) is 4.23. The first-order valence-corrected chi connectivity index (χ1v) is 5.65. The first kappa shape index (κ1) is 12.8. The van der Waals surface area contributed by atoms with Crippen molar-refractivity contribution in [3.05, 3.63) is 23.8 Å². The average molecular weight is 255 g/mol. The number of hydrogen-bond donors (Lipinski definition) is 0. The van der Waals surface area contributed by atoms with E-state index in [2.05, 4.69) is 0 Å². The zero-order valence-corrected chi connectivity index (χ0v) is 10.5. The van der Waals surface area contributed by atoms with Gasteiger partial charge in [0.05, 0.1) is 12.5 Å². The van der Waals surface area contributed by atoms with Crippen LogP contribution in [0.25, 0.3) is 0 Å². The number of carbonyl (C=O) groups is 1. The Morgan fingerprint density at radius 3 is 2.67 bits per heavy atom. The van der Waals surface area contributed by atoms with Gasteiger partial charge in [0, 0.05) is 19.2 Å². The van der Waals surface area contributed by atoms with E-state index in [9.17, 15) is 13.6 Å². The van der Waals surface area contributed by atoms with Crippen LogP contribution in [-0.2, 0) is 10.2 Å². The highest BCUT2D eigenvalue weighted by Gasteiger charge is 2.47. The molecule has 1 aliphatic heterocycles. The van der Waals surface area contributed by atoms with Gasteiger partial charge in [-0.25, -0.2) is 8.78 Å². The number of nitrogens with zero attached hydrogens (tertiary/aromatic N) is 1. The van der Waals surface area contributed by atoms with Gasteiger partial charge in [0.25, 0.3) is 0 Å². The summed E-state index contributed by atoms with van der Waals surface area (Å²) >= 11 is 0. The Hall–Kier alpha value is -1.65. The molecule has 0 saturated carbocycles. The van der Waals surface area contributed by atoms with Gasteiger partial charge < -0.3 is 9.64 Å². The monoisotopic (exact) mass is 255 g/mol. The predicted molar refractivity (Wildman–Crippen MR) is 64.4 cm³/mol. The average Bonchev–Trinajstić information content (AvgIpc) is 2.51. The van der Waals surface area contributed by atoms with E-state index in [0.717, 1.165) is 0 Å². The molecule has 1 amide bonds. The van der Waals surface area contributed by atoms with Crippen LogP contribution in [0.5, 0.6) is 5.75 Å². The second-order valence-corrected chi connectivity index (χ2v) is 4.67. The number of benzene rings is 1. The third kappa shape index (κ3) is 1.74. The van der Waals surface area contributed by atoms with Crippen molar-refractivity contribution in [2.45, 2.75) is 25.2 Å². The fraction of sp³-hybridized carbons (Fsp3) is 0.462. The number of rotatable bonds is 3. The molecule has 3 nitrogen and oxygen atoms in total. The Bertz CT molecular complexity index is 490. The van der Waals surface area contributed by atoms with E-state index in [0.29, 0.717) is 17.0 Å². The van der Waals surface area contributed by atoms with Crippen molar-refractivity contribution in [1.29, 1.82) is 0 Å². The summed E-state index contributed by atoms with van der Waals surface area (Å²) in [6, 6.07) is 5.11. The van der Waals surface area contributed by atoms with Crippen LogP contribution < -0.4 is 9.64 Å². The highest BCUT2D eigenvalue weighted by Crippen LogP contribution is 2.45.